The summed E-state index contributed by atoms with van der Waals surface area (Å²) in [6, 6.07) is 161. The first-order chi connectivity index (χ1) is 61.1. The Labute approximate surface area is 708 Å². The summed E-state index contributed by atoms with van der Waals surface area (Å²) < 4.78 is 17.0. The zero-order valence-corrected chi connectivity index (χ0v) is 66.8. The van der Waals surface area contributed by atoms with E-state index in [9.17, 15) is 0 Å². The van der Waals surface area contributed by atoms with Crippen molar-refractivity contribution in [3.05, 3.63) is 443 Å². The van der Waals surface area contributed by atoms with E-state index in [0.717, 1.165) is 117 Å². The van der Waals surface area contributed by atoms with Gasteiger partial charge in [-0.1, -0.05) is 358 Å². The predicted molar refractivity (Wildman–Crippen MR) is 522 cm³/mol. The standard InChI is InChI=1S/C72H44N2O2.C46H29N/c1-5-19-45(20-6-1)59-43-49-23-13-15-29-53(49)67-57-31-17-33-63(69(57)75-71(59)67)73(51-25-9-3-10-26-51)61-41-37-47-36-40-56-62(42-38-48-35-39-55(61)65(47)66(48)56)74(52-27-11-4-12-28-52)64-34-18-32-58-68-54-30-16-14-24-50(54)44-60(72(68)76-70(58)64)46-21-7-2-8-22-46;1-2-14-32(15-3-1)43-37-18-8-10-20-39(37)44(40-21-11-9-19-38(40)43)33-22-26-34(27-23-33)47-41-28-24-30-12-4-6-16-35(30)45(41)46-36-17-7-5-13-31(36)25-29-42(46)47/h1-44H;1-29H. The van der Waals surface area contributed by atoms with Gasteiger partial charge in [0.1, 0.15) is 11.2 Å². The Morgan fingerprint density at radius 2 is 0.496 bits per heavy atom. The van der Waals surface area contributed by atoms with Crippen molar-refractivity contribution >= 4 is 197 Å². The number of aromatic nitrogens is 1. The molecule has 572 valence electrons. The van der Waals surface area contributed by atoms with E-state index in [1.54, 1.807) is 0 Å². The van der Waals surface area contributed by atoms with Crippen LogP contribution in [-0.4, -0.2) is 4.57 Å². The molecule has 0 amide bonds. The average molecular weight is 1560 g/mol. The van der Waals surface area contributed by atoms with Gasteiger partial charge in [-0.25, -0.2) is 0 Å². The van der Waals surface area contributed by atoms with Gasteiger partial charge in [-0.3, -0.25) is 0 Å². The van der Waals surface area contributed by atoms with Gasteiger partial charge in [0.2, 0.25) is 0 Å². The largest absolute Gasteiger partial charge is 0.453 e. The molecule has 0 spiro atoms. The van der Waals surface area contributed by atoms with Crippen LogP contribution in [0.5, 0.6) is 0 Å². The van der Waals surface area contributed by atoms with Crippen LogP contribution < -0.4 is 9.80 Å². The molecule has 5 heteroatoms. The fourth-order valence-corrected chi connectivity index (χ4v) is 20.4. The lowest BCUT2D eigenvalue weighted by atomic mass is 9.86. The summed E-state index contributed by atoms with van der Waals surface area (Å²) >= 11 is 0. The molecule has 0 N–H and O–H groups in total. The zero-order valence-electron chi connectivity index (χ0n) is 66.8. The van der Waals surface area contributed by atoms with E-state index in [1.807, 2.05) is 0 Å². The van der Waals surface area contributed by atoms with Crippen molar-refractivity contribution in [1.29, 1.82) is 0 Å². The molecule has 0 aliphatic carbocycles. The van der Waals surface area contributed by atoms with Gasteiger partial charge in [-0.15, -0.1) is 0 Å². The van der Waals surface area contributed by atoms with Crippen molar-refractivity contribution in [2.24, 2.45) is 0 Å². The number of rotatable bonds is 11. The van der Waals surface area contributed by atoms with E-state index >= 15 is 0 Å². The highest BCUT2D eigenvalue weighted by Crippen LogP contribution is 2.54. The molecule has 0 aliphatic heterocycles. The highest BCUT2D eigenvalue weighted by atomic mass is 16.3. The maximum atomic E-state index is 7.30. The van der Waals surface area contributed by atoms with Crippen LogP contribution >= 0.6 is 0 Å². The zero-order chi connectivity index (χ0) is 80.7. The van der Waals surface area contributed by atoms with Gasteiger partial charge in [0.05, 0.1) is 33.8 Å². The van der Waals surface area contributed by atoms with Crippen molar-refractivity contribution in [1.82, 2.24) is 4.57 Å². The number of hydrogen-bond donors (Lipinski definition) is 0. The molecule has 26 aromatic rings. The second-order valence-electron chi connectivity index (χ2n) is 32.3. The molecule has 0 atom stereocenters. The van der Waals surface area contributed by atoms with E-state index in [0.29, 0.717) is 0 Å². The molecule has 123 heavy (non-hydrogen) atoms. The van der Waals surface area contributed by atoms with E-state index in [-0.39, 0.29) is 0 Å². The van der Waals surface area contributed by atoms with Crippen molar-refractivity contribution < 1.29 is 8.83 Å². The van der Waals surface area contributed by atoms with Gasteiger partial charge in [-0.2, -0.15) is 0 Å². The van der Waals surface area contributed by atoms with Gasteiger partial charge in [0.15, 0.2) is 11.2 Å². The predicted octanol–water partition coefficient (Wildman–Crippen LogP) is 33.7. The van der Waals surface area contributed by atoms with Crippen LogP contribution in [0.1, 0.15) is 0 Å². The molecule has 0 unspecified atom stereocenters. The third-order valence-electron chi connectivity index (χ3n) is 25.7. The number of anilines is 6. The van der Waals surface area contributed by atoms with Crippen LogP contribution in [0, 0.1) is 0 Å². The minimum absolute atomic E-state index is 0.838. The number of nitrogens with zero attached hydrogens (tertiary/aromatic N) is 3. The monoisotopic (exact) mass is 1560 g/mol. The average Bonchev–Trinajstić information content (AvgIpc) is 1.64. The fraction of sp³-hybridized carbons (Fsp3) is 0. The summed E-state index contributed by atoms with van der Waals surface area (Å²) in [6.07, 6.45) is 0. The fourth-order valence-electron chi connectivity index (χ4n) is 20.4. The number of benzene rings is 23. The SMILES string of the molecule is c1ccc(-c2c3ccccc3c(-c3ccc(-n4c5ccc6ccccc6c5c5c6ccccc6ccc54)cc3)c3ccccc23)cc1.c1ccc(-c2cc3ccccc3c3c2oc2c(N(c4ccccc4)c4ccc5ccc6c(N(c7ccccc7)c7cccc8c7oc7c(-c9ccccc9)cc9ccccc9c78)ccc7ccc4c5c76)cccc23)cc1. The summed E-state index contributed by atoms with van der Waals surface area (Å²) in [7, 11) is 0. The van der Waals surface area contributed by atoms with Crippen LogP contribution in [0.4, 0.5) is 34.1 Å². The summed E-state index contributed by atoms with van der Waals surface area (Å²) in [5.74, 6) is 0. The molecular formula is C118H73N3O2. The van der Waals surface area contributed by atoms with Crippen molar-refractivity contribution in [3.63, 3.8) is 0 Å². The lowest BCUT2D eigenvalue weighted by Gasteiger charge is -2.29. The molecule has 0 bridgehead atoms. The molecule has 0 radical (unpaired) electrons. The third-order valence-corrected chi connectivity index (χ3v) is 25.7. The molecule has 0 fully saturated rings. The summed E-state index contributed by atoms with van der Waals surface area (Å²) in [4.78, 5) is 4.79. The number of furan rings is 2. The first kappa shape index (κ1) is 69.7. The Bertz CT molecular complexity index is 8270. The van der Waals surface area contributed by atoms with Crippen molar-refractivity contribution in [2.45, 2.75) is 0 Å². The van der Waals surface area contributed by atoms with Crippen LogP contribution in [0.3, 0.4) is 0 Å². The normalized spacial score (nSPS) is 11.9. The first-order valence-electron chi connectivity index (χ1n) is 42.3. The van der Waals surface area contributed by atoms with Gasteiger partial charge in [0.25, 0.3) is 0 Å². The van der Waals surface area contributed by atoms with Crippen molar-refractivity contribution in [3.8, 4) is 50.2 Å². The molecule has 0 saturated heterocycles. The van der Waals surface area contributed by atoms with E-state index < -0.39 is 0 Å². The molecule has 0 saturated carbocycles. The maximum absolute atomic E-state index is 7.30. The lowest BCUT2D eigenvalue weighted by molar-refractivity contribution is 0.670. The quantitative estimate of drug-likeness (QED) is 0.0955. The smallest absolute Gasteiger partial charge is 0.159 e. The van der Waals surface area contributed by atoms with Crippen LogP contribution in [0.2, 0.25) is 0 Å². The Morgan fingerprint density at radius 3 is 0.902 bits per heavy atom. The minimum Gasteiger partial charge on any atom is -0.453 e. The van der Waals surface area contributed by atoms with Gasteiger partial charge >= 0.3 is 0 Å². The Hall–Kier alpha value is -16.3. The molecular weight excluding hydrogens is 1490 g/mol. The molecule has 3 heterocycles. The Kier molecular flexibility index (Phi) is 16.0. The summed E-state index contributed by atoms with van der Waals surface area (Å²) in [6.45, 7) is 0. The van der Waals surface area contributed by atoms with Crippen LogP contribution in [0.15, 0.2) is 452 Å². The van der Waals surface area contributed by atoms with Crippen LogP contribution in [-0.2, 0) is 0 Å². The summed E-state index contributed by atoms with van der Waals surface area (Å²) in [5.41, 5.74) is 22.6. The molecule has 3 aromatic heterocycles. The second-order valence-corrected chi connectivity index (χ2v) is 32.3. The Balaban J connectivity index is 0.000000151. The number of hydrogen-bond acceptors (Lipinski definition) is 4. The van der Waals surface area contributed by atoms with Crippen molar-refractivity contribution in [2.75, 3.05) is 9.80 Å². The highest BCUT2D eigenvalue weighted by molar-refractivity contribution is 6.32. The molecule has 5 nitrogen and oxygen atoms in total. The van der Waals surface area contributed by atoms with E-state index in [4.69, 9.17) is 8.83 Å². The third kappa shape index (κ3) is 11.0. The molecule has 0 aliphatic rings. The lowest BCUT2D eigenvalue weighted by Crippen LogP contribution is -2.11. The topological polar surface area (TPSA) is 37.7 Å². The van der Waals surface area contributed by atoms with Gasteiger partial charge < -0.3 is 23.2 Å². The highest BCUT2D eigenvalue weighted by Gasteiger charge is 2.29. The van der Waals surface area contributed by atoms with Gasteiger partial charge in [-0.05, 0) is 204 Å². The summed E-state index contributed by atoms with van der Waals surface area (Å²) in [5, 5.41) is 29.0. The second kappa shape index (κ2) is 28.2. The minimum atomic E-state index is 0.838. The molecule has 26 rings (SSSR count). The first-order valence-corrected chi connectivity index (χ1v) is 42.3. The molecule has 23 aromatic carbocycles. The number of fused-ring (bicyclic) bond motifs is 19. The van der Waals surface area contributed by atoms with Gasteiger partial charge in [0, 0.05) is 71.3 Å². The maximum Gasteiger partial charge on any atom is 0.159 e. The van der Waals surface area contributed by atoms with Crippen LogP contribution in [0.25, 0.3) is 213 Å². The Morgan fingerprint density at radius 1 is 0.179 bits per heavy atom. The van der Waals surface area contributed by atoms with E-state index in [2.05, 4.69) is 457 Å². The van der Waals surface area contributed by atoms with E-state index in [1.165, 1.54) is 130 Å². The number of para-hydroxylation sites is 4.